The van der Waals surface area contributed by atoms with Crippen molar-refractivity contribution in [1.82, 2.24) is 20.3 Å². The zero-order chi connectivity index (χ0) is 13.2. The van der Waals surface area contributed by atoms with Crippen molar-refractivity contribution in [1.29, 1.82) is 0 Å². The minimum atomic E-state index is 0.0146. The van der Waals surface area contributed by atoms with Gasteiger partial charge in [-0.25, -0.2) is 0 Å². The SMILES string of the molecule is Nc1nc(NC2CNC(=O)C2)nc(N2CCCC2)n1. The summed E-state index contributed by atoms with van der Waals surface area (Å²) in [6, 6.07) is 0.0146. The Morgan fingerprint density at radius 1 is 1.26 bits per heavy atom. The van der Waals surface area contributed by atoms with Gasteiger partial charge in [-0.2, -0.15) is 15.0 Å². The molecule has 4 N–H and O–H groups in total. The molecule has 1 amide bonds. The zero-order valence-electron chi connectivity index (χ0n) is 10.6. The van der Waals surface area contributed by atoms with E-state index in [0.717, 1.165) is 25.9 Å². The van der Waals surface area contributed by atoms with E-state index in [1.807, 2.05) is 0 Å². The van der Waals surface area contributed by atoms with Crippen molar-refractivity contribution in [2.75, 3.05) is 35.6 Å². The third-order valence-electron chi connectivity index (χ3n) is 3.34. The molecular formula is C11H17N7O. The highest BCUT2D eigenvalue weighted by molar-refractivity contribution is 5.79. The summed E-state index contributed by atoms with van der Waals surface area (Å²) in [6.45, 7) is 2.49. The van der Waals surface area contributed by atoms with Crippen molar-refractivity contribution >= 4 is 23.8 Å². The summed E-state index contributed by atoms with van der Waals surface area (Å²) >= 11 is 0. The van der Waals surface area contributed by atoms with Crippen LogP contribution in [0.25, 0.3) is 0 Å². The van der Waals surface area contributed by atoms with Crippen LogP contribution in [0.3, 0.4) is 0 Å². The third-order valence-corrected chi connectivity index (χ3v) is 3.34. The van der Waals surface area contributed by atoms with Crippen LogP contribution in [0.4, 0.5) is 17.8 Å². The second-order valence-electron chi connectivity index (χ2n) is 4.86. The number of nitrogens with zero attached hydrogens (tertiary/aromatic N) is 4. The zero-order valence-corrected chi connectivity index (χ0v) is 10.6. The number of aromatic nitrogens is 3. The molecule has 102 valence electrons. The van der Waals surface area contributed by atoms with Crippen molar-refractivity contribution in [2.45, 2.75) is 25.3 Å². The number of hydrogen-bond donors (Lipinski definition) is 3. The van der Waals surface area contributed by atoms with E-state index in [-0.39, 0.29) is 17.9 Å². The van der Waals surface area contributed by atoms with Crippen LogP contribution < -0.4 is 21.3 Å². The van der Waals surface area contributed by atoms with Crippen LogP contribution in [0.2, 0.25) is 0 Å². The summed E-state index contributed by atoms with van der Waals surface area (Å²) in [5.74, 6) is 1.30. The van der Waals surface area contributed by atoms with Crippen LogP contribution in [-0.2, 0) is 4.79 Å². The van der Waals surface area contributed by atoms with Crippen LogP contribution in [0.15, 0.2) is 0 Å². The summed E-state index contributed by atoms with van der Waals surface area (Å²) in [4.78, 5) is 25.9. The summed E-state index contributed by atoms with van der Waals surface area (Å²) < 4.78 is 0. The lowest BCUT2D eigenvalue weighted by atomic mass is 10.3. The molecule has 1 unspecified atom stereocenters. The fourth-order valence-corrected chi connectivity index (χ4v) is 2.39. The molecule has 2 saturated heterocycles. The van der Waals surface area contributed by atoms with Crippen LogP contribution in [-0.4, -0.2) is 46.5 Å². The van der Waals surface area contributed by atoms with Gasteiger partial charge < -0.3 is 21.3 Å². The fraction of sp³-hybridized carbons (Fsp3) is 0.636. The van der Waals surface area contributed by atoms with Gasteiger partial charge in [0, 0.05) is 26.1 Å². The highest BCUT2D eigenvalue weighted by atomic mass is 16.1. The number of nitrogens with one attached hydrogen (secondary N) is 2. The Morgan fingerprint density at radius 3 is 2.74 bits per heavy atom. The van der Waals surface area contributed by atoms with Gasteiger partial charge in [0.2, 0.25) is 23.8 Å². The predicted molar refractivity (Wildman–Crippen MR) is 70.7 cm³/mol. The minimum Gasteiger partial charge on any atom is -0.368 e. The average molecular weight is 263 g/mol. The van der Waals surface area contributed by atoms with E-state index in [1.165, 1.54) is 0 Å². The van der Waals surface area contributed by atoms with Crippen LogP contribution in [0, 0.1) is 0 Å². The van der Waals surface area contributed by atoms with Gasteiger partial charge in [-0.1, -0.05) is 0 Å². The van der Waals surface area contributed by atoms with E-state index >= 15 is 0 Å². The van der Waals surface area contributed by atoms with Gasteiger partial charge in [0.1, 0.15) is 0 Å². The van der Waals surface area contributed by atoms with Crippen molar-refractivity contribution in [2.24, 2.45) is 0 Å². The molecule has 0 radical (unpaired) electrons. The van der Waals surface area contributed by atoms with Crippen molar-refractivity contribution in [3.63, 3.8) is 0 Å². The molecule has 1 aromatic rings. The topological polar surface area (TPSA) is 109 Å². The maximum Gasteiger partial charge on any atom is 0.231 e. The first-order valence-electron chi connectivity index (χ1n) is 6.50. The van der Waals surface area contributed by atoms with Crippen LogP contribution >= 0.6 is 0 Å². The third kappa shape index (κ3) is 2.67. The highest BCUT2D eigenvalue weighted by Gasteiger charge is 2.23. The summed E-state index contributed by atoms with van der Waals surface area (Å²) in [5, 5.41) is 5.88. The number of rotatable bonds is 3. The summed E-state index contributed by atoms with van der Waals surface area (Å²) in [5.41, 5.74) is 5.72. The average Bonchev–Trinajstić information content (AvgIpc) is 3.00. The predicted octanol–water partition coefficient (Wildman–Crippen LogP) is -0.646. The van der Waals surface area contributed by atoms with E-state index in [4.69, 9.17) is 5.73 Å². The van der Waals surface area contributed by atoms with Gasteiger partial charge in [0.05, 0.1) is 6.04 Å². The molecule has 3 rings (SSSR count). The fourth-order valence-electron chi connectivity index (χ4n) is 2.39. The Morgan fingerprint density at radius 2 is 2.05 bits per heavy atom. The molecule has 3 heterocycles. The molecule has 2 fully saturated rings. The molecule has 2 aliphatic heterocycles. The number of amides is 1. The largest absolute Gasteiger partial charge is 0.368 e. The normalized spacial score (nSPS) is 22.6. The maximum absolute atomic E-state index is 11.1. The van der Waals surface area contributed by atoms with Gasteiger partial charge in [-0.05, 0) is 12.8 Å². The standard InChI is InChI=1S/C11H17N7O/c12-9-15-10(14-7-5-8(19)13-6-7)17-11(16-9)18-3-1-2-4-18/h7H,1-6H2,(H,13,19)(H3,12,14,15,16,17). The molecule has 0 aromatic carbocycles. The second kappa shape index (κ2) is 4.87. The van der Waals surface area contributed by atoms with Gasteiger partial charge in [-0.15, -0.1) is 0 Å². The minimum absolute atomic E-state index is 0.0146. The first-order chi connectivity index (χ1) is 9.20. The Kier molecular flexibility index (Phi) is 3.06. The summed E-state index contributed by atoms with van der Waals surface area (Å²) in [6.07, 6.45) is 2.73. The number of nitrogens with two attached hydrogens (primary N) is 1. The monoisotopic (exact) mass is 263 g/mol. The van der Waals surface area contributed by atoms with E-state index < -0.39 is 0 Å². The molecular weight excluding hydrogens is 246 g/mol. The number of carbonyl (C=O) groups excluding carboxylic acids is 1. The van der Waals surface area contributed by atoms with Gasteiger partial charge in [0.25, 0.3) is 0 Å². The summed E-state index contributed by atoms with van der Waals surface area (Å²) in [7, 11) is 0. The Bertz CT molecular complexity index is 486. The lowest BCUT2D eigenvalue weighted by Crippen LogP contribution is -2.26. The first kappa shape index (κ1) is 11.9. The smallest absolute Gasteiger partial charge is 0.231 e. The second-order valence-corrected chi connectivity index (χ2v) is 4.86. The molecule has 0 aliphatic carbocycles. The molecule has 1 atom stereocenters. The Hall–Kier alpha value is -2.12. The van der Waals surface area contributed by atoms with Crippen molar-refractivity contribution in [3.8, 4) is 0 Å². The number of anilines is 3. The van der Waals surface area contributed by atoms with Gasteiger partial charge in [-0.3, -0.25) is 4.79 Å². The molecule has 19 heavy (non-hydrogen) atoms. The number of nitrogen functional groups attached to an aromatic ring is 1. The van der Waals surface area contributed by atoms with Crippen molar-refractivity contribution in [3.05, 3.63) is 0 Å². The Labute approximate surface area is 110 Å². The molecule has 8 nitrogen and oxygen atoms in total. The molecule has 0 saturated carbocycles. The molecule has 1 aromatic heterocycles. The van der Waals surface area contributed by atoms with Crippen LogP contribution in [0.1, 0.15) is 19.3 Å². The first-order valence-corrected chi connectivity index (χ1v) is 6.50. The molecule has 2 aliphatic rings. The van der Waals surface area contributed by atoms with E-state index in [9.17, 15) is 4.79 Å². The lowest BCUT2D eigenvalue weighted by Gasteiger charge is -2.17. The van der Waals surface area contributed by atoms with Crippen molar-refractivity contribution < 1.29 is 4.79 Å². The van der Waals surface area contributed by atoms with Crippen LogP contribution in [0.5, 0.6) is 0 Å². The highest BCUT2D eigenvalue weighted by Crippen LogP contribution is 2.18. The molecule has 8 heteroatoms. The van der Waals surface area contributed by atoms with Gasteiger partial charge >= 0.3 is 0 Å². The lowest BCUT2D eigenvalue weighted by molar-refractivity contribution is -0.119. The quantitative estimate of drug-likeness (QED) is 0.665. The maximum atomic E-state index is 11.1. The van der Waals surface area contributed by atoms with E-state index in [1.54, 1.807) is 0 Å². The number of carbonyl (C=O) groups is 1. The number of hydrogen-bond acceptors (Lipinski definition) is 7. The van der Waals surface area contributed by atoms with E-state index in [2.05, 4.69) is 30.5 Å². The molecule has 0 spiro atoms. The van der Waals surface area contributed by atoms with Gasteiger partial charge in [0.15, 0.2) is 0 Å². The van der Waals surface area contributed by atoms with E-state index in [0.29, 0.717) is 24.9 Å². The Balaban J connectivity index is 1.75. The molecule has 0 bridgehead atoms.